The highest BCUT2D eigenvalue weighted by Crippen LogP contribution is 2.33. The highest BCUT2D eigenvalue weighted by atomic mass is 79.9. The van der Waals surface area contributed by atoms with E-state index >= 15 is 0 Å². The minimum Gasteiger partial charge on any atom is -0.456 e. The van der Waals surface area contributed by atoms with Crippen molar-refractivity contribution >= 4 is 21.7 Å². The number of aryl methyl sites for hydroxylation is 2. The Hall–Kier alpha value is -1.61. The molecule has 0 aliphatic heterocycles. The molecule has 2 rings (SSSR count). The maximum absolute atomic E-state index is 11.3. The molecule has 0 aliphatic rings. The number of carbonyl (C=O) groups excluding carboxylic acids is 1. The first-order valence-corrected chi connectivity index (χ1v) is 6.83. The lowest BCUT2D eigenvalue weighted by molar-refractivity contribution is 0.101. The van der Waals surface area contributed by atoms with E-state index in [1.807, 2.05) is 38.1 Å². The Morgan fingerprint density at radius 1 is 1.11 bits per heavy atom. The molecule has 0 unspecified atom stereocenters. The van der Waals surface area contributed by atoms with Crippen LogP contribution in [0.15, 0.2) is 40.9 Å². The molecular weight excluding hydrogens is 304 g/mol. The van der Waals surface area contributed by atoms with Crippen molar-refractivity contribution in [2.45, 2.75) is 20.8 Å². The third kappa shape index (κ3) is 3.04. The Balaban J connectivity index is 2.36. The number of Topliss-reactive ketones (excluding diaryl/α,β-unsaturated/α-hetero) is 1. The lowest BCUT2D eigenvalue weighted by atomic mass is 10.1. The summed E-state index contributed by atoms with van der Waals surface area (Å²) in [6.07, 6.45) is 0. The van der Waals surface area contributed by atoms with Crippen LogP contribution in [-0.4, -0.2) is 5.78 Å². The summed E-state index contributed by atoms with van der Waals surface area (Å²) >= 11 is 3.44. The summed E-state index contributed by atoms with van der Waals surface area (Å²) in [4.78, 5) is 11.3. The zero-order valence-electron chi connectivity index (χ0n) is 11.2. The molecular formula is C16H15BrO2. The van der Waals surface area contributed by atoms with E-state index in [0.717, 1.165) is 21.3 Å². The third-order valence-electron chi connectivity index (χ3n) is 2.96. The fourth-order valence-electron chi connectivity index (χ4n) is 1.87. The van der Waals surface area contributed by atoms with E-state index in [-0.39, 0.29) is 5.78 Å². The van der Waals surface area contributed by atoms with Crippen LogP contribution in [0, 0.1) is 13.8 Å². The fraction of sp³-hybridized carbons (Fsp3) is 0.188. The van der Waals surface area contributed by atoms with E-state index in [1.165, 1.54) is 0 Å². The maximum atomic E-state index is 11.3. The predicted octanol–water partition coefficient (Wildman–Crippen LogP) is 5.06. The molecule has 0 saturated carbocycles. The number of hydrogen-bond donors (Lipinski definition) is 0. The second-order valence-corrected chi connectivity index (χ2v) is 5.38. The summed E-state index contributed by atoms with van der Waals surface area (Å²) in [6.45, 7) is 5.58. The van der Waals surface area contributed by atoms with E-state index in [4.69, 9.17) is 4.74 Å². The molecule has 19 heavy (non-hydrogen) atoms. The van der Waals surface area contributed by atoms with Crippen LogP contribution in [0.2, 0.25) is 0 Å². The Kier molecular flexibility index (Phi) is 4.05. The first kappa shape index (κ1) is 13.8. The molecule has 0 atom stereocenters. The van der Waals surface area contributed by atoms with E-state index in [1.54, 1.807) is 19.1 Å². The van der Waals surface area contributed by atoms with Gasteiger partial charge in [0, 0.05) is 5.56 Å². The van der Waals surface area contributed by atoms with Gasteiger partial charge in [0.1, 0.15) is 11.5 Å². The minimum absolute atomic E-state index is 0.0410. The van der Waals surface area contributed by atoms with Crippen LogP contribution in [0.25, 0.3) is 0 Å². The monoisotopic (exact) mass is 318 g/mol. The topological polar surface area (TPSA) is 26.3 Å². The Morgan fingerprint density at radius 3 is 2.26 bits per heavy atom. The summed E-state index contributed by atoms with van der Waals surface area (Å²) in [5.41, 5.74) is 2.84. The van der Waals surface area contributed by atoms with Crippen LogP contribution in [0.5, 0.6) is 11.5 Å². The molecule has 0 fully saturated rings. The fourth-order valence-corrected chi connectivity index (χ4v) is 2.33. The van der Waals surface area contributed by atoms with Crippen LogP contribution in [0.3, 0.4) is 0 Å². The van der Waals surface area contributed by atoms with Crippen molar-refractivity contribution in [2.75, 3.05) is 0 Å². The summed E-state index contributed by atoms with van der Waals surface area (Å²) in [7, 11) is 0. The summed E-state index contributed by atoms with van der Waals surface area (Å²) in [5, 5.41) is 0. The lowest BCUT2D eigenvalue weighted by Gasteiger charge is -2.13. The number of ketones is 1. The van der Waals surface area contributed by atoms with Gasteiger partial charge in [0.2, 0.25) is 0 Å². The maximum Gasteiger partial charge on any atom is 0.159 e. The van der Waals surface area contributed by atoms with Gasteiger partial charge in [-0.2, -0.15) is 0 Å². The zero-order chi connectivity index (χ0) is 14.0. The minimum atomic E-state index is 0.0410. The van der Waals surface area contributed by atoms with Crippen LogP contribution in [0.1, 0.15) is 28.4 Å². The lowest BCUT2D eigenvalue weighted by Crippen LogP contribution is -1.95. The molecule has 0 spiro atoms. The Labute approximate surface area is 121 Å². The molecule has 0 amide bonds. The first-order valence-electron chi connectivity index (χ1n) is 6.03. The van der Waals surface area contributed by atoms with Crippen LogP contribution in [0.4, 0.5) is 0 Å². The second kappa shape index (κ2) is 5.57. The van der Waals surface area contributed by atoms with Crippen LogP contribution in [-0.2, 0) is 0 Å². The molecule has 2 aromatic carbocycles. The van der Waals surface area contributed by atoms with Crippen LogP contribution < -0.4 is 4.74 Å². The largest absolute Gasteiger partial charge is 0.456 e. The van der Waals surface area contributed by atoms with E-state index in [9.17, 15) is 4.79 Å². The van der Waals surface area contributed by atoms with Gasteiger partial charge >= 0.3 is 0 Å². The summed E-state index contributed by atoms with van der Waals surface area (Å²) in [6, 6.07) is 11.4. The van der Waals surface area contributed by atoms with Gasteiger partial charge in [0.05, 0.1) is 4.47 Å². The van der Waals surface area contributed by atoms with Gasteiger partial charge < -0.3 is 4.74 Å². The molecule has 0 bridgehead atoms. The van der Waals surface area contributed by atoms with Crippen LogP contribution >= 0.6 is 15.9 Å². The SMILES string of the molecule is CC(=O)c1ccc(Oc2c(C)cccc2C)c(Br)c1. The number of hydrogen-bond acceptors (Lipinski definition) is 2. The van der Waals surface area contributed by atoms with Gasteiger partial charge in [-0.1, -0.05) is 18.2 Å². The Bertz CT molecular complexity index is 612. The van der Waals surface area contributed by atoms with Crippen molar-refractivity contribution in [2.24, 2.45) is 0 Å². The number of ether oxygens (including phenoxy) is 1. The van der Waals surface area contributed by atoms with E-state index < -0.39 is 0 Å². The molecule has 3 heteroatoms. The highest BCUT2D eigenvalue weighted by molar-refractivity contribution is 9.10. The number of rotatable bonds is 3. The van der Waals surface area contributed by atoms with Crippen molar-refractivity contribution in [3.8, 4) is 11.5 Å². The van der Waals surface area contributed by atoms with Crippen molar-refractivity contribution in [3.05, 3.63) is 57.6 Å². The van der Waals surface area contributed by atoms with Gasteiger partial charge in [0.15, 0.2) is 5.78 Å². The van der Waals surface area contributed by atoms with Gasteiger partial charge in [-0.3, -0.25) is 4.79 Å². The van der Waals surface area contributed by atoms with Gasteiger partial charge in [0.25, 0.3) is 0 Å². The third-order valence-corrected chi connectivity index (χ3v) is 3.58. The molecule has 0 aromatic heterocycles. The highest BCUT2D eigenvalue weighted by Gasteiger charge is 2.09. The summed E-state index contributed by atoms with van der Waals surface area (Å²) < 4.78 is 6.73. The molecule has 2 aromatic rings. The van der Waals surface area contributed by atoms with E-state index in [2.05, 4.69) is 15.9 Å². The Morgan fingerprint density at radius 2 is 1.74 bits per heavy atom. The molecule has 0 aliphatic carbocycles. The average Bonchev–Trinajstić information content (AvgIpc) is 2.35. The number of carbonyl (C=O) groups is 1. The van der Waals surface area contributed by atoms with Crippen molar-refractivity contribution in [3.63, 3.8) is 0 Å². The summed E-state index contributed by atoms with van der Waals surface area (Å²) in [5.74, 6) is 1.61. The molecule has 0 radical (unpaired) electrons. The normalized spacial score (nSPS) is 10.3. The van der Waals surface area contributed by atoms with Crippen molar-refractivity contribution in [1.29, 1.82) is 0 Å². The quantitative estimate of drug-likeness (QED) is 0.739. The predicted molar refractivity (Wildman–Crippen MR) is 80.1 cm³/mol. The van der Waals surface area contributed by atoms with E-state index in [0.29, 0.717) is 11.3 Å². The molecule has 2 nitrogen and oxygen atoms in total. The first-order chi connectivity index (χ1) is 8.99. The van der Waals surface area contributed by atoms with Gasteiger partial charge in [-0.05, 0) is 66.0 Å². The zero-order valence-corrected chi connectivity index (χ0v) is 12.7. The standard InChI is InChI=1S/C16H15BrO2/c1-10-5-4-6-11(2)16(10)19-15-8-7-13(12(3)18)9-14(15)17/h4-9H,1-3H3. The molecule has 0 saturated heterocycles. The molecule has 98 valence electrons. The van der Waals surface area contributed by atoms with Crippen molar-refractivity contribution in [1.82, 2.24) is 0 Å². The average molecular weight is 319 g/mol. The van der Waals surface area contributed by atoms with Gasteiger partial charge in [-0.25, -0.2) is 0 Å². The number of benzene rings is 2. The number of halogens is 1. The smallest absolute Gasteiger partial charge is 0.159 e. The van der Waals surface area contributed by atoms with Crippen molar-refractivity contribution < 1.29 is 9.53 Å². The molecule has 0 N–H and O–H groups in total. The van der Waals surface area contributed by atoms with Gasteiger partial charge in [-0.15, -0.1) is 0 Å². The number of para-hydroxylation sites is 1. The molecule has 0 heterocycles. The second-order valence-electron chi connectivity index (χ2n) is 4.52.